The Balaban J connectivity index is 2.07. The number of rotatable bonds is 4. The minimum Gasteiger partial charge on any atom is -0.508 e. The molecule has 1 aliphatic heterocycles. The van der Waals surface area contributed by atoms with Crippen molar-refractivity contribution in [2.45, 2.75) is 32.6 Å². The van der Waals surface area contributed by atoms with Crippen molar-refractivity contribution in [2.75, 3.05) is 13.1 Å². The molecule has 1 heterocycles. The van der Waals surface area contributed by atoms with E-state index in [9.17, 15) is 19.8 Å². The number of nitrogens with zero attached hydrogens (tertiary/aromatic N) is 1. The number of likely N-dealkylation sites (tertiary alicyclic amines) is 1. The minimum absolute atomic E-state index is 0.0839. The predicted molar refractivity (Wildman–Crippen MR) is 78.0 cm³/mol. The Morgan fingerprint density at radius 2 is 2.14 bits per heavy atom. The Morgan fingerprint density at radius 1 is 1.38 bits per heavy atom. The maximum atomic E-state index is 12.4. The van der Waals surface area contributed by atoms with Gasteiger partial charge in [0.05, 0.1) is 11.8 Å². The smallest absolute Gasteiger partial charge is 0.311 e. The summed E-state index contributed by atoms with van der Waals surface area (Å²) < 4.78 is 0. The van der Waals surface area contributed by atoms with E-state index in [0.717, 1.165) is 5.56 Å². The van der Waals surface area contributed by atoms with Gasteiger partial charge in [-0.25, -0.2) is 0 Å². The van der Waals surface area contributed by atoms with E-state index < -0.39 is 11.4 Å². The Bertz CT molecular complexity index is 543. The molecule has 2 N–H and O–H groups in total. The van der Waals surface area contributed by atoms with Crippen LogP contribution in [0.2, 0.25) is 0 Å². The Hall–Kier alpha value is -2.04. The van der Waals surface area contributed by atoms with Crippen molar-refractivity contribution in [2.24, 2.45) is 5.41 Å². The topological polar surface area (TPSA) is 77.8 Å². The molecule has 1 fully saturated rings. The summed E-state index contributed by atoms with van der Waals surface area (Å²) in [4.78, 5) is 25.5. The maximum absolute atomic E-state index is 12.4. The van der Waals surface area contributed by atoms with Crippen LogP contribution in [0.4, 0.5) is 0 Å². The summed E-state index contributed by atoms with van der Waals surface area (Å²) in [5, 5.41) is 18.9. The summed E-state index contributed by atoms with van der Waals surface area (Å²) >= 11 is 0. The van der Waals surface area contributed by atoms with E-state index in [1.54, 1.807) is 29.2 Å². The highest BCUT2D eigenvalue weighted by Crippen LogP contribution is 2.34. The molecule has 5 nitrogen and oxygen atoms in total. The van der Waals surface area contributed by atoms with Crippen LogP contribution in [-0.4, -0.2) is 40.1 Å². The lowest BCUT2D eigenvalue weighted by Crippen LogP contribution is -2.50. The molecular formula is C16H21NO4. The van der Waals surface area contributed by atoms with E-state index in [2.05, 4.69) is 0 Å². The first-order valence-electron chi connectivity index (χ1n) is 7.26. The SMILES string of the molecule is CCC1(C(=O)O)CCCN(C(=O)Cc2cccc(O)c2)C1. The largest absolute Gasteiger partial charge is 0.508 e. The molecule has 1 aromatic rings. The summed E-state index contributed by atoms with van der Waals surface area (Å²) in [6, 6.07) is 6.60. The monoisotopic (exact) mass is 291 g/mol. The minimum atomic E-state index is -0.820. The summed E-state index contributed by atoms with van der Waals surface area (Å²) in [7, 11) is 0. The third-order valence-corrected chi connectivity index (χ3v) is 4.33. The molecule has 0 aromatic heterocycles. The highest BCUT2D eigenvalue weighted by Gasteiger charge is 2.41. The van der Waals surface area contributed by atoms with Gasteiger partial charge in [0, 0.05) is 13.1 Å². The summed E-state index contributed by atoms with van der Waals surface area (Å²) in [5.41, 5.74) is -0.0739. The average molecular weight is 291 g/mol. The lowest BCUT2D eigenvalue weighted by atomic mass is 9.77. The fourth-order valence-corrected chi connectivity index (χ4v) is 2.91. The summed E-state index contributed by atoms with van der Waals surface area (Å²) in [5.74, 6) is -0.772. The van der Waals surface area contributed by atoms with Gasteiger partial charge in [-0.05, 0) is 37.0 Å². The average Bonchev–Trinajstić information content (AvgIpc) is 2.47. The van der Waals surface area contributed by atoms with E-state index in [-0.39, 0.29) is 24.6 Å². The first kappa shape index (κ1) is 15.4. The third-order valence-electron chi connectivity index (χ3n) is 4.33. The molecule has 5 heteroatoms. The fourth-order valence-electron chi connectivity index (χ4n) is 2.91. The lowest BCUT2D eigenvalue weighted by molar-refractivity contribution is -0.155. The standard InChI is InChI=1S/C16H21NO4/c1-2-16(15(20)21)7-4-8-17(11-16)14(19)10-12-5-3-6-13(18)9-12/h3,5-6,9,18H,2,4,7-8,10-11H2,1H3,(H,20,21). The van der Waals surface area contributed by atoms with Crippen molar-refractivity contribution in [3.8, 4) is 5.75 Å². The van der Waals surface area contributed by atoms with Crippen molar-refractivity contribution < 1.29 is 19.8 Å². The molecule has 0 bridgehead atoms. The lowest BCUT2D eigenvalue weighted by Gasteiger charge is -2.39. The van der Waals surface area contributed by atoms with Crippen molar-refractivity contribution in [3.63, 3.8) is 0 Å². The molecule has 1 saturated heterocycles. The van der Waals surface area contributed by atoms with Crippen LogP contribution < -0.4 is 0 Å². The molecular weight excluding hydrogens is 270 g/mol. The number of piperidine rings is 1. The Kier molecular flexibility index (Phi) is 4.50. The Labute approximate surface area is 124 Å². The zero-order chi connectivity index (χ0) is 15.5. The number of amides is 1. The molecule has 1 aliphatic rings. The molecule has 1 amide bonds. The fraction of sp³-hybridized carbons (Fsp3) is 0.500. The van der Waals surface area contributed by atoms with Crippen LogP contribution in [-0.2, 0) is 16.0 Å². The van der Waals surface area contributed by atoms with Gasteiger partial charge in [-0.1, -0.05) is 19.1 Å². The molecule has 1 unspecified atom stereocenters. The number of hydrogen-bond acceptors (Lipinski definition) is 3. The van der Waals surface area contributed by atoms with Crippen LogP contribution in [0.1, 0.15) is 31.7 Å². The first-order valence-corrected chi connectivity index (χ1v) is 7.26. The number of benzene rings is 1. The van der Waals surface area contributed by atoms with Crippen LogP contribution in [0.15, 0.2) is 24.3 Å². The highest BCUT2D eigenvalue weighted by atomic mass is 16.4. The normalized spacial score (nSPS) is 22.0. The number of hydrogen-bond donors (Lipinski definition) is 2. The van der Waals surface area contributed by atoms with E-state index in [0.29, 0.717) is 25.8 Å². The second-order valence-electron chi connectivity index (χ2n) is 5.70. The van der Waals surface area contributed by atoms with E-state index in [4.69, 9.17) is 0 Å². The van der Waals surface area contributed by atoms with E-state index >= 15 is 0 Å². The second-order valence-corrected chi connectivity index (χ2v) is 5.70. The molecule has 0 saturated carbocycles. The van der Waals surface area contributed by atoms with Crippen molar-refractivity contribution >= 4 is 11.9 Å². The third kappa shape index (κ3) is 3.35. The summed E-state index contributed by atoms with van der Waals surface area (Å²) in [6.45, 7) is 2.74. The number of phenolic OH excluding ortho intramolecular Hbond substituents is 1. The number of aliphatic carboxylic acids is 1. The molecule has 114 valence electrons. The van der Waals surface area contributed by atoms with Gasteiger partial charge in [-0.15, -0.1) is 0 Å². The quantitative estimate of drug-likeness (QED) is 0.890. The van der Waals surface area contributed by atoms with Crippen LogP contribution in [0, 0.1) is 5.41 Å². The molecule has 1 atom stereocenters. The summed E-state index contributed by atoms with van der Waals surface area (Å²) in [6.07, 6.45) is 2.05. The molecule has 21 heavy (non-hydrogen) atoms. The van der Waals surface area contributed by atoms with Crippen LogP contribution in [0.3, 0.4) is 0 Å². The van der Waals surface area contributed by atoms with Crippen LogP contribution in [0.25, 0.3) is 0 Å². The van der Waals surface area contributed by atoms with Gasteiger partial charge in [0.2, 0.25) is 5.91 Å². The molecule has 0 spiro atoms. The van der Waals surface area contributed by atoms with Gasteiger partial charge in [0.15, 0.2) is 0 Å². The van der Waals surface area contributed by atoms with Crippen molar-refractivity contribution in [1.29, 1.82) is 0 Å². The van der Waals surface area contributed by atoms with Crippen LogP contribution >= 0.6 is 0 Å². The van der Waals surface area contributed by atoms with Gasteiger partial charge in [0.25, 0.3) is 0 Å². The van der Waals surface area contributed by atoms with Gasteiger partial charge >= 0.3 is 5.97 Å². The van der Waals surface area contributed by atoms with Crippen molar-refractivity contribution in [3.05, 3.63) is 29.8 Å². The molecule has 2 rings (SSSR count). The zero-order valence-corrected chi connectivity index (χ0v) is 12.2. The molecule has 0 aliphatic carbocycles. The van der Waals surface area contributed by atoms with Gasteiger partial charge < -0.3 is 15.1 Å². The number of aromatic hydroxyl groups is 1. The second kappa shape index (κ2) is 6.16. The number of phenols is 1. The van der Waals surface area contributed by atoms with Gasteiger partial charge in [-0.2, -0.15) is 0 Å². The van der Waals surface area contributed by atoms with Crippen LogP contribution in [0.5, 0.6) is 5.75 Å². The van der Waals surface area contributed by atoms with Gasteiger partial charge in [0.1, 0.15) is 5.75 Å². The zero-order valence-electron chi connectivity index (χ0n) is 12.2. The highest BCUT2D eigenvalue weighted by molar-refractivity contribution is 5.81. The molecule has 0 radical (unpaired) electrons. The number of carboxylic acid groups (broad SMARTS) is 1. The molecule has 1 aromatic carbocycles. The first-order chi connectivity index (χ1) is 9.97. The number of carbonyl (C=O) groups is 2. The van der Waals surface area contributed by atoms with E-state index in [1.807, 2.05) is 6.92 Å². The van der Waals surface area contributed by atoms with Gasteiger partial charge in [-0.3, -0.25) is 9.59 Å². The Morgan fingerprint density at radius 3 is 2.76 bits per heavy atom. The maximum Gasteiger partial charge on any atom is 0.311 e. The van der Waals surface area contributed by atoms with Crippen molar-refractivity contribution in [1.82, 2.24) is 4.90 Å². The van der Waals surface area contributed by atoms with E-state index in [1.165, 1.54) is 0 Å². The number of carbonyl (C=O) groups excluding carboxylic acids is 1. The predicted octanol–water partition coefficient (Wildman–Crippen LogP) is 2.04. The number of carboxylic acids is 1.